The maximum Gasteiger partial charge on any atom is 0.0703 e. The molecule has 2 N–H and O–H groups in total. The quantitative estimate of drug-likeness (QED) is 0.803. The average molecular weight is 361 g/mol. The molecule has 0 aliphatic carbocycles. The fraction of sp³-hybridized carbons (Fsp3) is 0.733. The summed E-state index contributed by atoms with van der Waals surface area (Å²) in [5.41, 5.74) is 6.42. The van der Waals surface area contributed by atoms with Crippen molar-refractivity contribution < 1.29 is 4.74 Å². The molecule has 3 atom stereocenters. The van der Waals surface area contributed by atoms with Crippen molar-refractivity contribution in [1.82, 2.24) is 4.90 Å². The SMILES string of the molecule is CCC(N)C(c1cc(Br)cs1)N(CC)CC1CCCO1. The zero-order valence-electron chi connectivity index (χ0n) is 12.3. The van der Waals surface area contributed by atoms with Crippen molar-refractivity contribution in [2.45, 2.75) is 51.3 Å². The van der Waals surface area contributed by atoms with Crippen LogP contribution in [0.4, 0.5) is 0 Å². The molecule has 5 heteroatoms. The topological polar surface area (TPSA) is 38.5 Å². The van der Waals surface area contributed by atoms with Crippen LogP contribution in [-0.2, 0) is 4.74 Å². The first-order chi connectivity index (χ1) is 9.65. The number of halogens is 1. The lowest BCUT2D eigenvalue weighted by atomic mass is 10.0. The van der Waals surface area contributed by atoms with Crippen LogP contribution >= 0.6 is 27.3 Å². The van der Waals surface area contributed by atoms with Crippen molar-refractivity contribution in [1.29, 1.82) is 0 Å². The van der Waals surface area contributed by atoms with E-state index in [1.165, 1.54) is 17.7 Å². The van der Waals surface area contributed by atoms with Crippen molar-refractivity contribution in [3.05, 3.63) is 20.8 Å². The Hall–Kier alpha value is 0.0600. The zero-order chi connectivity index (χ0) is 14.5. The van der Waals surface area contributed by atoms with Crippen molar-refractivity contribution in [3.8, 4) is 0 Å². The van der Waals surface area contributed by atoms with Gasteiger partial charge in [0.2, 0.25) is 0 Å². The van der Waals surface area contributed by atoms with Crippen molar-refractivity contribution in [3.63, 3.8) is 0 Å². The molecule has 1 aliphatic heterocycles. The number of hydrogen-bond donors (Lipinski definition) is 1. The molecule has 0 aromatic carbocycles. The Morgan fingerprint density at radius 2 is 2.35 bits per heavy atom. The van der Waals surface area contributed by atoms with Crippen molar-refractivity contribution in [2.24, 2.45) is 5.73 Å². The van der Waals surface area contributed by atoms with Crippen LogP contribution < -0.4 is 5.73 Å². The molecule has 1 aliphatic rings. The number of thiophene rings is 1. The molecule has 0 amide bonds. The van der Waals surface area contributed by atoms with E-state index in [1.807, 2.05) is 0 Å². The standard InChI is InChI=1S/C15H25BrN2OS/c1-3-13(17)15(14-8-11(16)10-20-14)18(4-2)9-12-6-5-7-19-12/h8,10,12-13,15H,3-7,9,17H2,1-2H3. The Kier molecular flexibility index (Phi) is 6.49. The molecule has 1 aromatic heterocycles. The summed E-state index contributed by atoms with van der Waals surface area (Å²) < 4.78 is 6.95. The van der Waals surface area contributed by atoms with Gasteiger partial charge in [-0.1, -0.05) is 13.8 Å². The second-order valence-corrected chi connectivity index (χ2v) is 7.27. The lowest BCUT2D eigenvalue weighted by Gasteiger charge is -2.35. The molecule has 0 spiro atoms. The summed E-state index contributed by atoms with van der Waals surface area (Å²) in [6, 6.07) is 2.68. The highest BCUT2D eigenvalue weighted by Gasteiger charge is 2.29. The second-order valence-electron chi connectivity index (χ2n) is 5.41. The molecule has 2 heterocycles. The third-order valence-corrected chi connectivity index (χ3v) is 5.78. The van der Waals surface area contributed by atoms with Crippen LogP contribution in [0.2, 0.25) is 0 Å². The van der Waals surface area contributed by atoms with Gasteiger partial charge in [-0.05, 0) is 47.8 Å². The number of hydrogen-bond acceptors (Lipinski definition) is 4. The average Bonchev–Trinajstić information content (AvgIpc) is 3.09. The third-order valence-electron chi connectivity index (χ3n) is 4.02. The zero-order valence-corrected chi connectivity index (χ0v) is 14.8. The van der Waals surface area contributed by atoms with Crippen molar-refractivity contribution >= 4 is 27.3 Å². The van der Waals surface area contributed by atoms with Gasteiger partial charge >= 0.3 is 0 Å². The van der Waals surface area contributed by atoms with E-state index in [1.54, 1.807) is 11.3 Å². The minimum atomic E-state index is 0.168. The number of nitrogens with two attached hydrogens (primary N) is 1. The molecule has 1 saturated heterocycles. The van der Waals surface area contributed by atoms with E-state index in [-0.39, 0.29) is 6.04 Å². The van der Waals surface area contributed by atoms with Gasteiger partial charge < -0.3 is 10.5 Å². The lowest BCUT2D eigenvalue weighted by Crippen LogP contribution is -2.43. The molecule has 1 aromatic rings. The van der Waals surface area contributed by atoms with Crippen LogP contribution in [0.15, 0.2) is 15.9 Å². The smallest absolute Gasteiger partial charge is 0.0703 e. The Bertz CT molecular complexity index is 406. The molecule has 1 fully saturated rings. The van der Waals surface area contributed by atoms with E-state index < -0.39 is 0 Å². The van der Waals surface area contributed by atoms with Gasteiger partial charge in [0.1, 0.15) is 0 Å². The highest BCUT2D eigenvalue weighted by atomic mass is 79.9. The minimum absolute atomic E-state index is 0.168. The normalized spacial score (nSPS) is 22.4. The summed E-state index contributed by atoms with van der Waals surface area (Å²) in [4.78, 5) is 3.84. The molecular weight excluding hydrogens is 336 g/mol. The minimum Gasteiger partial charge on any atom is -0.377 e. The summed E-state index contributed by atoms with van der Waals surface area (Å²) in [5, 5.41) is 2.14. The molecule has 20 heavy (non-hydrogen) atoms. The Labute approximate surface area is 134 Å². The number of likely N-dealkylation sites (N-methyl/N-ethyl adjacent to an activating group) is 1. The summed E-state index contributed by atoms with van der Waals surface area (Å²) >= 11 is 5.35. The van der Waals surface area contributed by atoms with Gasteiger partial charge in [0.05, 0.1) is 12.1 Å². The summed E-state index contributed by atoms with van der Waals surface area (Å²) in [6.07, 6.45) is 3.74. The van der Waals surface area contributed by atoms with Gasteiger partial charge in [-0.15, -0.1) is 11.3 Å². The summed E-state index contributed by atoms with van der Waals surface area (Å²) in [5.74, 6) is 0. The molecule has 3 nitrogen and oxygen atoms in total. The maximum absolute atomic E-state index is 6.42. The van der Waals surface area contributed by atoms with E-state index in [0.717, 1.165) is 30.6 Å². The fourth-order valence-electron chi connectivity index (χ4n) is 2.86. The van der Waals surface area contributed by atoms with E-state index >= 15 is 0 Å². The van der Waals surface area contributed by atoms with E-state index in [9.17, 15) is 0 Å². The second kappa shape index (κ2) is 7.90. The highest BCUT2D eigenvalue weighted by molar-refractivity contribution is 9.10. The van der Waals surface area contributed by atoms with Gasteiger partial charge in [-0.3, -0.25) is 4.90 Å². The van der Waals surface area contributed by atoms with E-state index in [0.29, 0.717) is 12.1 Å². The lowest BCUT2D eigenvalue weighted by molar-refractivity contribution is 0.0538. The van der Waals surface area contributed by atoms with Gasteiger partial charge in [0.25, 0.3) is 0 Å². The van der Waals surface area contributed by atoms with Crippen LogP contribution in [0.3, 0.4) is 0 Å². The van der Waals surface area contributed by atoms with Crippen LogP contribution in [0.25, 0.3) is 0 Å². The van der Waals surface area contributed by atoms with E-state index in [2.05, 4.69) is 46.1 Å². The van der Waals surface area contributed by atoms with Crippen LogP contribution in [0.1, 0.15) is 44.0 Å². The maximum atomic E-state index is 6.42. The molecule has 114 valence electrons. The molecule has 3 unspecified atom stereocenters. The Morgan fingerprint density at radius 1 is 1.55 bits per heavy atom. The van der Waals surface area contributed by atoms with Gasteiger partial charge in [0, 0.05) is 33.9 Å². The Morgan fingerprint density at radius 3 is 2.85 bits per heavy atom. The molecule has 0 bridgehead atoms. The Balaban J connectivity index is 2.14. The van der Waals surface area contributed by atoms with Crippen LogP contribution in [-0.4, -0.2) is 36.7 Å². The largest absolute Gasteiger partial charge is 0.377 e. The third kappa shape index (κ3) is 4.04. The van der Waals surface area contributed by atoms with E-state index in [4.69, 9.17) is 10.5 Å². The summed E-state index contributed by atoms with van der Waals surface area (Å²) in [7, 11) is 0. The highest BCUT2D eigenvalue weighted by Crippen LogP contribution is 2.33. The van der Waals surface area contributed by atoms with Gasteiger partial charge in [-0.25, -0.2) is 0 Å². The fourth-order valence-corrected chi connectivity index (χ4v) is 4.51. The van der Waals surface area contributed by atoms with Crippen LogP contribution in [0.5, 0.6) is 0 Å². The molecule has 0 radical (unpaired) electrons. The number of nitrogens with zero attached hydrogens (tertiary/aromatic N) is 1. The predicted octanol–water partition coefficient (Wildman–Crippen LogP) is 3.79. The molecule has 2 rings (SSSR count). The molecule has 0 saturated carbocycles. The predicted molar refractivity (Wildman–Crippen MR) is 89.2 cm³/mol. The first kappa shape index (κ1) is 16.4. The first-order valence-corrected chi connectivity index (χ1v) is 9.18. The summed E-state index contributed by atoms with van der Waals surface area (Å²) in [6.45, 7) is 7.29. The number of rotatable bonds is 7. The number of ether oxygens (including phenoxy) is 1. The van der Waals surface area contributed by atoms with Gasteiger partial charge in [0.15, 0.2) is 0 Å². The first-order valence-electron chi connectivity index (χ1n) is 7.50. The van der Waals surface area contributed by atoms with Crippen LogP contribution in [0, 0.1) is 0 Å². The molecular formula is C15H25BrN2OS. The monoisotopic (exact) mass is 360 g/mol. The van der Waals surface area contributed by atoms with Crippen molar-refractivity contribution in [2.75, 3.05) is 19.7 Å². The van der Waals surface area contributed by atoms with Gasteiger partial charge in [-0.2, -0.15) is 0 Å².